The van der Waals surface area contributed by atoms with Crippen LogP contribution in [0.25, 0.3) is 44.8 Å². The van der Waals surface area contributed by atoms with E-state index < -0.39 is 5.97 Å². The number of ether oxygens (including phenoxy) is 2. The lowest BCUT2D eigenvalue weighted by molar-refractivity contribution is -0.141. The summed E-state index contributed by atoms with van der Waals surface area (Å²) < 4.78 is 10.6. The molecule has 2 unspecified atom stereocenters. The number of carboxylic acid groups (broad SMARTS) is 1. The number of carbonyl (C=O) groups is 2. The molecular formula is C43H46Cl2N8O5. The van der Waals surface area contributed by atoms with Gasteiger partial charge in [0.25, 0.3) is 0 Å². The molecule has 3 saturated heterocycles. The van der Waals surface area contributed by atoms with Crippen LogP contribution in [0, 0.1) is 11.8 Å². The van der Waals surface area contributed by atoms with E-state index in [-0.39, 0.29) is 11.8 Å². The fraction of sp³-hybridized carbons (Fsp3) is 0.349. The third-order valence-electron chi connectivity index (χ3n) is 11.4. The first kappa shape index (κ1) is 39.3. The number of fused-ring (bicyclic) bond motifs is 2. The van der Waals surface area contributed by atoms with Crippen LogP contribution in [0.2, 0.25) is 10.0 Å². The number of aromatic amines is 2. The Morgan fingerprint density at radius 1 is 0.672 bits per heavy atom. The van der Waals surface area contributed by atoms with Crippen LogP contribution in [-0.4, -0.2) is 120 Å². The number of carbonyl (C=O) groups excluding carboxylic acids is 1. The molecule has 3 aliphatic rings. The molecule has 0 bridgehead atoms. The van der Waals surface area contributed by atoms with Crippen molar-refractivity contribution in [3.63, 3.8) is 0 Å². The van der Waals surface area contributed by atoms with Gasteiger partial charge < -0.3 is 44.1 Å². The smallest absolute Gasteiger partial charge is 0.308 e. The Labute approximate surface area is 346 Å². The van der Waals surface area contributed by atoms with Gasteiger partial charge in [-0.1, -0.05) is 23.2 Å². The van der Waals surface area contributed by atoms with E-state index in [0.29, 0.717) is 34.7 Å². The lowest BCUT2D eigenvalue weighted by Crippen LogP contribution is -2.49. The van der Waals surface area contributed by atoms with Crippen LogP contribution in [0.15, 0.2) is 72.8 Å². The maximum atomic E-state index is 13.0. The van der Waals surface area contributed by atoms with Crippen molar-refractivity contribution in [2.45, 2.75) is 12.8 Å². The van der Waals surface area contributed by atoms with E-state index in [4.69, 9.17) is 37.7 Å². The lowest BCUT2D eigenvalue weighted by atomic mass is 10.1. The second-order valence-corrected chi connectivity index (χ2v) is 15.9. The van der Waals surface area contributed by atoms with Crippen molar-refractivity contribution in [1.29, 1.82) is 0 Å². The molecule has 0 radical (unpaired) electrons. The maximum Gasteiger partial charge on any atom is 0.308 e. The summed E-state index contributed by atoms with van der Waals surface area (Å²) in [5, 5.41) is 10.4. The Balaban J connectivity index is 0.000000165. The van der Waals surface area contributed by atoms with Gasteiger partial charge in [-0.2, -0.15) is 0 Å². The van der Waals surface area contributed by atoms with Gasteiger partial charge in [-0.15, -0.1) is 0 Å². The third kappa shape index (κ3) is 8.25. The minimum absolute atomic E-state index is 0.0520. The van der Waals surface area contributed by atoms with Gasteiger partial charge >= 0.3 is 5.97 Å². The highest BCUT2D eigenvalue weighted by Crippen LogP contribution is 2.36. The van der Waals surface area contributed by atoms with Gasteiger partial charge in [-0.3, -0.25) is 9.59 Å². The number of rotatable bonds is 8. The molecule has 4 aromatic carbocycles. The number of halogens is 2. The summed E-state index contributed by atoms with van der Waals surface area (Å²) in [6.45, 7) is 6.38. The number of piperazine rings is 1. The first-order valence-electron chi connectivity index (χ1n) is 19.4. The highest BCUT2D eigenvalue weighted by atomic mass is 35.5. The van der Waals surface area contributed by atoms with Gasteiger partial charge in [0.2, 0.25) is 5.91 Å². The fourth-order valence-electron chi connectivity index (χ4n) is 7.95. The molecule has 1 amide bonds. The number of hydrogen-bond donors (Lipinski definition) is 3. The number of benzene rings is 4. The van der Waals surface area contributed by atoms with Crippen LogP contribution in [0.4, 0.5) is 11.4 Å². The first-order valence-corrected chi connectivity index (χ1v) is 20.2. The van der Waals surface area contributed by atoms with Crippen molar-refractivity contribution in [1.82, 2.24) is 29.7 Å². The topological polar surface area (TPSA) is 143 Å². The number of hydrogen-bond acceptors (Lipinski definition) is 9. The zero-order valence-corrected chi connectivity index (χ0v) is 34.2. The third-order valence-corrected chi connectivity index (χ3v) is 12.1. The molecule has 0 saturated carbocycles. The Hall–Kier alpha value is -5.50. The van der Waals surface area contributed by atoms with Crippen LogP contribution in [-0.2, 0) is 9.59 Å². The van der Waals surface area contributed by atoms with Gasteiger partial charge in [0, 0.05) is 87.0 Å². The van der Waals surface area contributed by atoms with Gasteiger partial charge in [0.1, 0.15) is 23.1 Å². The number of imidazole rings is 2. The molecule has 6 aromatic rings. The summed E-state index contributed by atoms with van der Waals surface area (Å²) in [5.74, 6) is 2.21. The number of nitrogens with zero attached hydrogens (tertiary/aromatic N) is 6. The van der Waals surface area contributed by atoms with E-state index >= 15 is 0 Å². The summed E-state index contributed by atoms with van der Waals surface area (Å²) in [6.07, 6.45) is 1.53. The molecule has 2 atom stereocenters. The van der Waals surface area contributed by atoms with Crippen molar-refractivity contribution >= 4 is 68.5 Å². The number of carboxylic acids is 1. The molecule has 58 heavy (non-hydrogen) atoms. The van der Waals surface area contributed by atoms with Crippen LogP contribution in [0.1, 0.15) is 12.8 Å². The quantitative estimate of drug-likeness (QED) is 0.143. The van der Waals surface area contributed by atoms with E-state index in [1.807, 2.05) is 71.6 Å². The Morgan fingerprint density at radius 3 is 1.62 bits per heavy atom. The van der Waals surface area contributed by atoms with E-state index in [2.05, 4.69) is 42.8 Å². The molecule has 3 aliphatic heterocycles. The fourth-order valence-corrected chi connectivity index (χ4v) is 8.36. The lowest BCUT2D eigenvalue weighted by Gasteiger charge is -2.34. The number of H-pyrrole nitrogens is 2. The molecule has 3 fully saturated rings. The zero-order valence-electron chi connectivity index (χ0n) is 32.7. The number of aliphatic carboxylic acids is 1. The molecule has 302 valence electrons. The second-order valence-electron chi connectivity index (χ2n) is 15.1. The molecule has 3 N–H and O–H groups in total. The van der Waals surface area contributed by atoms with Gasteiger partial charge in [-0.25, -0.2) is 9.97 Å². The van der Waals surface area contributed by atoms with Gasteiger partial charge in [0.15, 0.2) is 0 Å². The maximum absolute atomic E-state index is 13.0. The van der Waals surface area contributed by atoms with Gasteiger partial charge in [0.05, 0.1) is 58.2 Å². The summed E-state index contributed by atoms with van der Waals surface area (Å²) in [6, 6.07) is 23.1. The highest BCUT2D eigenvalue weighted by Gasteiger charge is 2.33. The summed E-state index contributed by atoms with van der Waals surface area (Å²) >= 11 is 13.0. The predicted octanol–water partition coefficient (Wildman–Crippen LogP) is 7.30. The summed E-state index contributed by atoms with van der Waals surface area (Å²) in [5.41, 5.74) is 7.12. The standard InChI is InChI=1S/C24H28ClN5O2.C19H18ClN3O3/c1-28-9-11-29(12-10-28)24(31)16-7-8-30(15-16)17-3-5-20(25)19(13-17)23-26-21-6-4-18(32-2)14-22(21)27-23;1-26-13-3-5-16-17(9-13)22-18(21-16)14-8-12(2-4-15(14)20)23-7-6-11(10-23)19(24)25/h3-6,13-14,16H,7-12,15H2,1-2H3,(H,26,27);2-5,8-9,11H,6-7,10H2,1H3,(H,21,22)(H,24,25). The van der Waals surface area contributed by atoms with E-state index in [0.717, 1.165) is 114 Å². The Kier molecular flexibility index (Phi) is 11.4. The minimum Gasteiger partial charge on any atom is -0.497 e. The number of aromatic nitrogens is 4. The van der Waals surface area contributed by atoms with Crippen molar-refractivity contribution in [3.8, 4) is 34.3 Å². The molecule has 15 heteroatoms. The second kappa shape index (κ2) is 16.8. The van der Waals surface area contributed by atoms with Gasteiger partial charge in [-0.05, 0) is 80.6 Å². The van der Waals surface area contributed by atoms with E-state index in [1.54, 1.807) is 14.2 Å². The number of nitrogens with one attached hydrogen (secondary N) is 2. The Morgan fingerprint density at radius 2 is 1.16 bits per heavy atom. The largest absolute Gasteiger partial charge is 0.497 e. The number of anilines is 2. The van der Waals surface area contributed by atoms with E-state index in [9.17, 15) is 14.7 Å². The molecule has 0 aliphatic carbocycles. The van der Waals surface area contributed by atoms with Crippen molar-refractivity contribution in [2.75, 3.05) is 83.4 Å². The zero-order chi connectivity index (χ0) is 40.5. The van der Waals surface area contributed by atoms with Crippen molar-refractivity contribution in [3.05, 3.63) is 82.8 Å². The Bertz CT molecular complexity index is 2460. The highest BCUT2D eigenvalue weighted by molar-refractivity contribution is 6.33. The average molecular weight is 826 g/mol. The van der Waals surface area contributed by atoms with Crippen LogP contribution >= 0.6 is 23.2 Å². The molecule has 13 nitrogen and oxygen atoms in total. The first-order chi connectivity index (χ1) is 28.1. The predicted molar refractivity (Wildman–Crippen MR) is 229 cm³/mol. The minimum atomic E-state index is -0.743. The molecule has 2 aromatic heterocycles. The number of likely N-dealkylation sites (N-methyl/N-ethyl adjacent to an activating group) is 1. The van der Waals surface area contributed by atoms with Crippen molar-refractivity contribution < 1.29 is 24.2 Å². The monoisotopic (exact) mass is 824 g/mol. The van der Waals surface area contributed by atoms with Crippen LogP contribution < -0.4 is 19.3 Å². The molecule has 9 rings (SSSR count). The summed E-state index contributed by atoms with van der Waals surface area (Å²) in [7, 11) is 5.38. The van der Waals surface area contributed by atoms with Crippen LogP contribution in [0.3, 0.4) is 0 Å². The molecular weight excluding hydrogens is 779 g/mol. The summed E-state index contributed by atoms with van der Waals surface area (Å²) in [4.78, 5) is 48.9. The van der Waals surface area contributed by atoms with E-state index in [1.165, 1.54) is 0 Å². The molecule has 0 spiro atoms. The molecule has 5 heterocycles. The number of amides is 1. The average Bonchev–Trinajstić information content (AvgIpc) is 4.07. The van der Waals surface area contributed by atoms with Crippen molar-refractivity contribution in [2.24, 2.45) is 11.8 Å². The SMILES string of the molecule is COc1ccc2nc(-c3cc(N4CCC(C(=O)N5CCN(C)CC5)C4)ccc3Cl)[nH]c2c1.COc1ccc2nc(-c3cc(N4CCC(C(=O)O)C4)ccc3Cl)[nH]c2c1. The normalized spacial score (nSPS) is 18.5. The van der Waals surface area contributed by atoms with Crippen LogP contribution in [0.5, 0.6) is 11.5 Å². The number of methoxy groups -OCH3 is 2.